The third kappa shape index (κ3) is 4.50. The summed E-state index contributed by atoms with van der Waals surface area (Å²) < 4.78 is 22.2. The number of Topliss-reactive ketones (excluding diaryl/α,β-unsaturated/α-hetero) is 1. The number of fused-ring (bicyclic) bond motifs is 3. The van der Waals surface area contributed by atoms with Crippen LogP contribution in [0.1, 0.15) is 31.8 Å². The molecule has 0 unspecified atom stereocenters. The van der Waals surface area contributed by atoms with Gasteiger partial charge in [0.2, 0.25) is 5.78 Å². The molecule has 3 heterocycles. The van der Waals surface area contributed by atoms with Gasteiger partial charge in [0.25, 0.3) is 0 Å². The Morgan fingerprint density at radius 1 is 1.06 bits per heavy atom. The van der Waals surface area contributed by atoms with E-state index >= 15 is 0 Å². The van der Waals surface area contributed by atoms with E-state index in [9.17, 15) is 9.59 Å². The highest BCUT2D eigenvalue weighted by Crippen LogP contribution is 2.42. The molecule has 0 saturated carbocycles. The van der Waals surface area contributed by atoms with Crippen LogP contribution in [0.5, 0.6) is 11.5 Å². The van der Waals surface area contributed by atoms with Crippen LogP contribution in [0.2, 0.25) is 0 Å². The van der Waals surface area contributed by atoms with Crippen LogP contribution in [-0.2, 0) is 16.0 Å². The number of carbonyl (C=O) groups is 2. The van der Waals surface area contributed by atoms with Gasteiger partial charge in [-0.05, 0) is 35.9 Å². The molecule has 2 aromatic rings. The summed E-state index contributed by atoms with van der Waals surface area (Å²) in [7, 11) is 1.34. The Bertz CT molecular complexity index is 1090. The van der Waals surface area contributed by atoms with Gasteiger partial charge < -0.3 is 18.9 Å². The molecule has 1 fully saturated rings. The Morgan fingerprint density at radius 3 is 2.58 bits per heavy atom. The molecular formula is C25H26N2O6. The highest BCUT2D eigenvalue weighted by Gasteiger charge is 2.33. The first-order valence-corrected chi connectivity index (χ1v) is 11.1. The van der Waals surface area contributed by atoms with Gasteiger partial charge in [-0.1, -0.05) is 12.1 Å². The minimum atomic E-state index is -0.403. The number of methoxy groups -OCH3 is 1. The Labute approximate surface area is 192 Å². The summed E-state index contributed by atoms with van der Waals surface area (Å²) in [5.41, 5.74) is 2.66. The number of allylic oxidation sites excluding steroid dienone is 1. The molecule has 3 aliphatic heterocycles. The van der Waals surface area contributed by atoms with Crippen LogP contribution < -0.4 is 9.47 Å². The fourth-order valence-corrected chi connectivity index (χ4v) is 4.24. The maximum absolute atomic E-state index is 13.0. The van der Waals surface area contributed by atoms with Crippen LogP contribution in [0, 0.1) is 0 Å². The average molecular weight is 450 g/mol. The molecule has 0 amide bonds. The molecule has 0 aromatic heterocycles. The van der Waals surface area contributed by atoms with Gasteiger partial charge in [0.05, 0.1) is 37.0 Å². The van der Waals surface area contributed by atoms with Crippen molar-refractivity contribution < 1.29 is 28.5 Å². The van der Waals surface area contributed by atoms with Gasteiger partial charge in [-0.2, -0.15) is 0 Å². The van der Waals surface area contributed by atoms with E-state index in [1.807, 2.05) is 6.07 Å². The van der Waals surface area contributed by atoms with Crippen molar-refractivity contribution in [3.05, 3.63) is 64.4 Å². The molecule has 33 heavy (non-hydrogen) atoms. The van der Waals surface area contributed by atoms with Gasteiger partial charge in [0.1, 0.15) is 18.2 Å². The van der Waals surface area contributed by atoms with Gasteiger partial charge in [-0.15, -0.1) is 0 Å². The number of rotatable bonds is 5. The van der Waals surface area contributed by atoms with Gasteiger partial charge in [0, 0.05) is 32.7 Å². The summed E-state index contributed by atoms with van der Waals surface area (Å²) in [5, 5.41) is 0. The highest BCUT2D eigenvalue weighted by molar-refractivity contribution is 6.15. The van der Waals surface area contributed by atoms with Crippen molar-refractivity contribution in [1.82, 2.24) is 9.80 Å². The van der Waals surface area contributed by atoms with E-state index in [1.54, 1.807) is 36.4 Å². The van der Waals surface area contributed by atoms with Crippen LogP contribution in [0.25, 0.3) is 6.08 Å². The summed E-state index contributed by atoms with van der Waals surface area (Å²) in [6, 6.07) is 10.4. The summed E-state index contributed by atoms with van der Waals surface area (Å²) in [6.07, 6.45) is 1.69. The summed E-state index contributed by atoms with van der Waals surface area (Å²) in [6.45, 7) is 6.46. The van der Waals surface area contributed by atoms with Crippen LogP contribution >= 0.6 is 0 Å². The monoisotopic (exact) mass is 450 g/mol. The zero-order chi connectivity index (χ0) is 22.8. The third-order valence-electron chi connectivity index (χ3n) is 6.15. The first kappa shape index (κ1) is 21.6. The number of esters is 1. The van der Waals surface area contributed by atoms with E-state index in [2.05, 4.69) is 9.80 Å². The molecule has 3 aliphatic rings. The number of morpholine rings is 1. The van der Waals surface area contributed by atoms with E-state index in [0.29, 0.717) is 30.2 Å². The van der Waals surface area contributed by atoms with Crippen LogP contribution in [0.15, 0.2) is 42.2 Å². The van der Waals surface area contributed by atoms with Crippen molar-refractivity contribution in [3.63, 3.8) is 0 Å². The van der Waals surface area contributed by atoms with Gasteiger partial charge in [-0.3, -0.25) is 14.6 Å². The number of hydrogen-bond donors (Lipinski definition) is 0. The quantitative estimate of drug-likeness (QED) is 0.508. The number of nitrogens with zero attached hydrogens (tertiary/aromatic N) is 2. The maximum Gasteiger partial charge on any atom is 0.337 e. The maximum atomic E-state index is 13.0. The van der Waals surface area contributed by atoms with E-state index in [0.717, 1.165) is 56.3 Å². The Morgan fingerprint density at radius 2 is 1.82 bits per heavy atom. The predicted octanol–water partition coefficient (Wildman–Crippen LogP) is 2.57. The largest absolute Gasteiger partial charge is 0.478 e. The third-order valence-corrected chi connectivity index (χ3v) is 6.15. The smallest absolute Gasteiger partial charge is 0.337 e. The fourth-order valence-electron chi connectivity index (χ4n) is 4.24. The van der Waals surface area contributed by atoms with Crippen molar-refractivity contribution in [2.24, 2.45) is 0 Å². The molecule has 8 nitrogen and oxygen atoms in total. The molecule has 172 valence electrons. The second-order valence-electron chi connectivity index (χ2n) is 8.25. The first-order chi connectivity index (χ1) is 16.1. The summed E-state index contributed by atoms with van der Waals surface area (Å²) in [4.78, 5) is 29.2. The van der Waals surface area contributed by atoms with Crippen molar-refractivity contribution >= 4 is 17.8 Å². The average Bonchev–Trinajstić information content (AvgIpc) is 3.18. The lowest BCUT2D eigenvalue weighted by molar-refractivity contribution is 0.0239. The molecule has 0 aliphatic carbocycles. The van der Waals surface area contributed by atoms with E-state index < -0.39 is 5.97 Å². The topological polar surface area (TPSA) is 77.5 Å². The highest BCUT2D eigenvalue weighted by atomic mass is 16.5. The minimum absolute atomic E-state index is 0.157. The van der Waals surface area contributed by atoms with Gasteiger partial charge in [0.15, 0.2) is 5.76 Å². The molecular weight excluding hydrogens is 424 g/mol. The van der Waals surface area contributed by atoms with Crippen LogP contribution in [-0.4, -0.2) is 74.8 Å². The van der Waals surface area contributed by atoms with Crippen molar-refractivity contribution in [2.75, 3.05) is 53.2 Å². The lowest BCUT2D eigenvalue weighted by Gasteiger charge is -2.33. The van der Waals surface area contributed by atoms with Crippen LogP contribution in [0.3, 0.4) is 0 Å². The predicted molar refractivity (Wildman–Crippen MR) is 120 cm³/mol. The Balaban J connectivity index is 1.31. The molecule has 0 atom stereocenters. The van der Waals surface area contributed by atoms with Crippen molar-refractivity contribution in [2.45, 2.75) is 6.54 Å². The first-order valence-electron chi connectivity index (χ1n) is 11.1. The number of hydrogen-bond acceptors (Lipinski definition) is 8. The van der Waals surface area contributed by atoms with Gasteiger partial charge >= 0.3 is 5.97 Å². The molecule has 0 spiro atoms. The van der Waals surface area contributed by atoms with Crippen molar-refractivity contribution in [1.29, 1.82) is 0 Å². The molecule has 0 radical (unpaired) electrons. The Kier molecular flexibility index (Phi) is 6.13. The molecule has 0 N–H and O–H groups in total. The van der Waals surface area contributed by atoms with Gasteiger partial charge in [-0.25, -0.2) is 4.79 Å². The molecule has 8 heteroatoms. The van der Waals surface area contributed by atoms with E-state index in [1.165, 1.54) is 7.11 Å². The zero-order valence-corrected chi connectivity index (χ0v) is 18.5. The summed E-state index contributed by atoms with van der Waals surface area (Å²) >= 11 is 0. The molecule has 1 saturated heterocycles. The standard InChI is InChI=1S/C25H26N2O6/c1-30-25(29)18-4-2-17(3-5-18)14-22-23(28)19-6-7-21-20(24(19)33-22)15-27(16-32-21)9-8-26-10-12-31-13-11-26/h2-7,14H,8-13,15-16H2,1H3/b22-14-. The molecule has 0 bridgehead atoms. The molecule has 2 aromatic carbocycles. The minimum Gasteiger partial charge on any atom is -0.478 e. The Hall–Kier alpha value is -3.20. The fraction of sp³-hybridized carbons (Fsp3) is 0.360. The molecule has 5 rings (SSSR count). The second-order valence-corrected chi connectivity index (χ2v) is 8.25. The summed E-state index contributed by atoms with van der Waals surface area (Å²) in [5.74, 6) is 1.03. The normalized spacial score (nSPS) is 19.5. The number of benzene rings is 2. The van der Waals surface area contributed by atoms with Crippen LogP contribution in [0.4, 0.5) is 0 Å². The number of carbonyl (C=O) groups excluding carboxylic acids is 2. The van der Waals surface area contributed by atoms with E-state index in [4.69, 9.17) is 18.9 Å². The lowest BCUT2D eigenvalue weighted by atomic mass is 10.0. The zero-order valence-electron chi connectivity index (χ0n) is 18.5. The SMILES string of the molecule is COC(=O)c1ccc(/C=C2\Oc3c(ccc4c3CN(CCN3CCOCC3)CO4)C2=O)cc1. The number of ketones is 1. The second kappa shape index (κ2) is 9.35. The number of ether oxygens (including phenoxy) is 4. The lowest BCUT2D eigenvalue weighted by Crippen LogP contribution is -2.43. The van der Waals surface area contributed by atoms with E-state index in [-0.39, 0.29) is 11.5 Å². The van der Waals surface area contributed by atoms with Crippen molar-refractivity contribution in [3.8, 4) is 11.5 Å².